The van der Waals surface area contributed by atoms with Gasteiger partial charge in [-0.3, -0.25) is 4.99 Å². The second kappa shape index (κ2) is 8.28. The van der Waals surface area contributed by atoms with Gasteiger partial charge < -0.3 is 15.5 Å². The van der Waals surface area contributed by atoms with E-state index in [-0.39, 0.29) is 0 Å². The van der Waals surface area contributed by atoms with Gasteiger partial charge in [-0.05, 0) is 57.4 Å². The van der Waals surface area contributed by atoms with Crippen LogP contribution in [-0.2, 0) is 0 Å². The van der Waals surface area contributed by atoms with Crippen molar-refractivity contribution in [3.63, 3.8) is 0 Å². The van der Waals surface area contributed by atoms with Crippen molar-refractivity contribution in [1.82, 2.24) is 15.5 Å². The van der Waals surface area contributed by atoms with Crippen molar-refractivity contribution in [3.8, 4) is 0 Å². The number of piperidine rings is 1. The maximum Gasteiger partial charge on any atom is 0.191 e. The molecule has 2 rings (SSSR count). The third kappa shape index (κ3) is 5.37. The van der Waals surface area contributed by atoms with E-state index in [0.29, 0.717) is 4.75 Å². The quantitative estimate of drug-likeness (QED) is 0.603. The van der Waals surface area contributed by atoms with Crippen LogP contribution in [0.3, 0.4) is 0 Å². The second-order valence-electron chi connectivity index (χ2n) is 6.61. The molecule has 2 unspecified atom stereocenters. The van der Waals surface area contributed by atoms with Crippen molar-refractivity contribution >= 4 is 17.7 Å². The van der Waals surface area contributed by atoms with E-state index in [1.807, 2.05) is 7.05 Å². The number of nitrogens with one attached hydrogen (secondary N) is 2. The maximum absolute atomic E-state index is 4.38. The minimum Gasteiger partial charge on any atom is -0.356 e. The van der Waals surface area contributed by atoms with E-state index in [4.69, 9.17) is 0 Å². The van der Waals surface area contributed by atoms with Crippen molar-refractivity contribution in [1.29, 1.82) is 0 Å². The average molecular weight is 313 g/mol. The molecule has 2 heterocycles. The van der Waals surface area contributed by atoms with Crippen LogP contribution < -0.4 is 10.6 Å². The van der Waals surface area contributed by atoms with Crippen LogP contribution in [0.2, 0.25) is 0 Å². The van der Waals surface area contributed by atoms with Crippen LogP contribution in [0, 0.1) is 5.92 Å². The Kier molecular flexibility index (Phi) is 6.68. The van der Waals surface area contributed by atoms with Gasteiger partial charge in [0.1, 0.15) is 0 Å². The number of nitrogens with zero attached hydrogens (tertiary/aromatic N) is 2. The molecular weight excluding hydrogens is 280 g/mol. The fourth-order valence-corrected chi connectivity index (χ4v) is 4.56. The predicted molar refractivity (Wildman–Crippen MR) is 94.3 cm³/mol. The molecule has 122 valence electrons. The fraction of sp³-hybridized carbons (Fsp3) is 0.938. The smallest absolute Gasteiger partial charge is 0.191 e. The molecule has 2 N–H and O–H groups in total. The summed E-state index contributed by atoms with van der Waals surface area (Å²) in [6.07, 6.45) is 5.34. The first-order chi connectivity index (χ1) is 10.1. The van der Waals surface area contributed by atoms with Gasteiger partial charge in [0.05, 0.1) is 0 Å². The number of thioether (sulfide) groups is 1. The molecule has 0 bridgehead atoms. The molecule has 2 aliphatic rings. The summed E-state index contributed by atoms with van der Waals surface area (Å²) in [5.74, 6) is 3.03. The summed E-state index contributed by atoms with van der Waals surface area (Å²) in [4.78, 5) is 6.93. The van der Waals surface area contributed by atoms with Gasteiger partial charge in [0.15, 0.2) is 5.96 Å². The van der Waals surface area contributed by atoms with Gasteiger partial charge >= 0.3 is 0 Å². The highest BCUT2D eigenvalue weighted by Gasteiger charge is 2.29. The summed E-state index contributed by atoms with van der Waals surface area (Å²) < 4.78 is 0.390. The topological polar surface area (TPSA) is 39.7 Å². The first kappa shape index (κ1) is 16.9. The Morgan fingerprint density at radius 1 is 1.38 bits per heavy atom. The van der Waals surface area contributed by atoms with Gasteiger partial charge in [0.25, 0.3) is 0 Å². The van der Waals surface area contributed by atoms with Crippen molar-refractivity contribution in [2.75, 3.05) is 45.5 Å². The monoisotopic (exact) mass is 312 g/mol. The molecule has 4 nitrogen and oxygen atoms in total. The van der Waals surface area contributed by atoms with Crippen LogP contribution in [0.4, 0.5) is 0 Å². The normalized spacial score (nSPS) is 31.4. The Labute approximate surface area is 134 Å². The van der Waals surface area contributed by atoms with Crippen molar-refractivity contribution in [2.45, 2.75) is 44.3 Å². The number of likely N-dealkylation sites (tertiary alicyclic amines) is 1. The molecular formula is C16H32N4S. The Hall–Kier alpha value is -0.420. The Morgan fingerprint density at radius 3 is 2.90 bits per heavy atom. The lowest BCUT2D eigenvalue weighted by atomic mass is 9.98. The summed E-state index contributed by atoms with van der Waals surface area (Å²) in [6, 6.07) is 0. The molecule has 2 atom stereocenters. The second-order valence-corrected chi connectivity index (χ2v) is 8.29. The molecule has 0 radical (unpaired) electrons. The summed E-state index contributed by atoms with van der Waals surface area (Å²) >= 11 is 2.09. The zero-order chi connectivity index (χ0) is 15.1. The SMILES string of the molecule is CCN1CCCC(CNC(=NC)NCC2(C)CCCS2)C1. The number of rotatable bonds is 5. The Balaban J connectivity index is 1.70. The third-order valence-corrected chi connectivity index (χ3v) is 6.30. The summed E-state index contributed by atoms with van der Waals surface area (Å²) in [6.45, 7) is 10.4. The minimum absolute atomic E-state index is 0.390. The molecule has 0 aromatic rings. The molecule has 2 saturated heterocycles. The van der Waals surface area contributed by atoms with Gasteiger partial charge in [-0.2, -0.15) is 11.8 Å². The lowest BCUT2D eigenvalue weighted by Crippen LogP contribution is -2.47. The van der Waals surface area contributed by atoms with Crippen molar-refractivity contribution < 1.29 is 0 Å². The molecule has 21 heavy (non-hydrogen) atoms. The first-order valence-electron chi connectivity index (χ1n) is 8.46. The summed E-state index contributed by atoms with van der Waals surface area (Å²) in [5, 5.41) is 7.05. The zero-order valence-electron chi connectivity index (χ0n) is 14.0. The molecule has 0 aliphatic carbocycles. The van der Waals surface area contributed by atoms with Crippen LogP contribution in [-0.4, -0.2) is 61.1 Å². The van der Waals surface area contributed by atoms with Gasteiger partial charge in [0, 0.05) is 31.4 Å². The molecule has 0 aromatic carbocycles. The van der Waals surface area contributed by atoms with Crippen molar-refractivity contribution in [3.05, 3.63) is 0 Å². The molecule has 0 amide bonds. The largest absolute Gasteiger partial charge is 0.356 e. The highest BCUT2D eigenvalue weighted by Crippen LogP contribution is 2.36. The van der Waals surface area contributed by atoms with Gasteiger partial charge in [-0.15, -0.1) is 0 Å². The maximum atomic E-state index is 4.38. The zero-order valence-corrected chi connectivity index (χ0v) is 14.8. The third-order valence-electron chi connectivity index (χ3n) is 4.76. The molecule has 2 fully saturated rings. The summed E-state index contributed by atoms with van der Waals surface area (Å²) in [5.41, 5.74) is 0. The van der Waals surface area contributed by atoms with Crippen molar-refractivity contribution in [2.24, 2.45) is 10.9 Å². The van der Waals surface area contributed by atoms with Crippen LogP contribution in [0.15, 0.2) is 4.99 Å². The van der Waals surface area contributed by atoms with Crippen LogP contribution in [0.25, 0.3) is 0 Å². The lowest BCUT2D eigenvalue weighted by molar-refractivity contribution is 0.183. The molecule has 0 aromatic heterocycles. The Bertz CT molecular complexity index is 339. The van der Waals surface area contributed by atoms with Gasteiger partial charge in [-0.1, -0.05) is 6.92 Å². The van der Waals surface area contributed by atoms with Crippen LogP contribution >= 0.6 is 11.8 Å². The number of aliphatic imine (C=N–C) groups is 1. The molecule has 2 aliphatic heterocycles. The molecule has 0 saturated carbocycles. The molecule has 5 heteroatoms. The lowest BCUT2D eigenvalue weighted by Gasteiger charge is -2.32. The van der Waals surface area contributed by atoms with E-state index in [2.05, 4.69) is 46.1 Å². The fourth-order valence-electron chi connectivity index (χ4n) is 3.31. The van der Waals surface area contributed by atoms with Crippen LogP contribution in [0.5, 0.6) is 0 Å². The Morgan fingerprint density at radius 2 is 2.24 bits per heavy atom. The van der Waals surface area contributed by atoms with E-state index in [1.54, 1.807) is 0 Å². The summed E-state index contributed by atoms with van der Waals surface area (Å²) in [7, 11) is 1.87. The highest BCUT2D eigenvalue weighted by molar-refractivity contribution is 8.00. The molecule has 0 spiro atoms. The van der Waals surface area contributed by atoms with E-state index < -0.39 is 0 Å². The van der Waals surface area contributed by atoms with Crippen LogP contribution in [0.1, 0.15) is 39.5 Å². The van der Waals surface area contributed by atoms with Gasteiger partial charge in [-0.25, -0.2) is 0 Å². The first-order valence-corrected chi connectivity index (χ1v) is 9.44. The predicted octanol–water partition coefficient (Wildman–Crippen LogP) is 2.17. The number of hydrogen-bond acceptors (Lipinski definition) is 3. The van der Waals surface area contributed by atoms with E-state index in [1.165, 1.54) is 51.1 Å². The van der Waals surface area contributed by atoms with E-state index in [0.717, 1.165) is 25.0 Å². The number of hydrogen-bond donors (Lipinski definition) is 2. The van der Waals surface area contributed by atoms with E-state index >= 15 is 0 Å². The average Bonchev–Trinajstić information content (AvgIpc) is 2.95. The highest BCUT2D eigenvalue weighted by atomic mass is 32.2. The minimum atomic E-state index is 0.390. The number of guanidine groups is 1. The standard InChI is InChI=1S/C16H32N4S/c1-4-20-9-5-7-14(12-20)11-18-15(17-3)19-13-16(2)8-6-10-21-16/h14H,4-13H2,1-3H3,(H2,17,18,19). The van der Waals surface area contributed by atoms with E-state index in [9.17, 15) is 0 Å². The van der Waals surface area contributed by atoms with Gasteiger partial charge in [0.2, 0.25) is 0 Å².